The van der Waals surface area contributed by atoms with Crippen LogP contribution in [0.2, 0.25) is 0 Å². The van der Waals surface area contributed by atoms with Gasteiger partial charge in [-0.2, -0.15) is 0 Å². The van der Waals surface area contributed by atoms with E-state index in [0.717, 1.165) is 30.6 Å². The van der Waals surface area contributed by atoms with Gasteiger partial charge in [-0.15, -0.1) is 0 Å². The highest BCUT2D eigenvalue weighted by molar-refractivity contribution is 9.10. The molecule has 1 N–H and O–H groups in total. The van der Waals surface area contributed by atoms with E-state index in [1.165, 1.54) is 12.0 Å². The van der Waals surface area contributed by atoms with Gasteiger partial charge in [0.15, 0.2) is 0 Å². The fraction of sp³-hybridized carbons (Fsp3) is 0.625. The molecule has 0 spiro atoms. The predicted molar refractivity (Wildman–Crippen MR) is 85.5 cm³/mol. The first-order chi connectivity index (χ1) is 9.17. The first kappa shape index (κ1) is 16.7. The molecule has 0 aromatic heterocycles. The quantitative estimate of drug-likeness (QED) is 0.695. The van der Waals surface area contributed by atoms with Gasteiger partial charge in [0.05, 0.1) is 0 Å². The molecule has 0 bridgehead atoms. The van der Waals surface area contributed by atoms with E-state index in [1.54, 1.807) is 7.11 Å². The molecule has 3 heteroatoms. The second kappa shape index (κ2) is 9.51. The predicted octanol–water partition coefficient (Wildman–Crippen LogP) is 3.89. The largest absolute Gasteiger partial charge is 0.384 e. The van der Waals surface area contributed by atoms with Crippen LogP contribution < -0.4 is 5.32 Å². The SMILES string of the molecule is CCCNCC(Cc1ccc(Br)cc1)C(C)COC. The van der Waals surface area contributed by atoms with Crippen LogP contribution in [-0.4, -0.2) is 26.8 Å². The van der Waals surface area contributed by atoms with Gasteiger partial charge in [-0.3, -0.25) is 0 Å². The number of hydrogen-bond acceptors (Lipinski definition) is 2. The summed E-state index contributed by atoms with van der Waals surface area (Å²) in [5.74, 6) is 1.19. The van der Waals surface area contributed by atoms with Crippen LogP contribution in [0.1, 0.15) is 25.8 Å². The third kappa shape index (κ3) is 6.55. The van der Waals surface area contributed by atoms with Crippen molar-refractivity contribution in [3.8, 4) is 0 Å². The molecule has 0 aliphatic heterocycles. The summed E-state index contributed by atoms with van der Waals surface area (Å²) in [6.07, 6.45) is 2.29. The van der Waals surface area contributed by atoms with E-state index in [4.69, 9.17) is 4.74 Å². The van der Waals surface area contributed by atoms with Crippen LogP contribution >= 0.6 is 15.9 Å². The lowest BCUT2D eigenvalue weighted by atomic mass is 9.88. The van der Waals surface area contributed by atoms with E-state index in [0.29, 0.717) is 11.8 Å². The second-order valence-electron chi connectivity index (χ2n) is 5.23. The maximum absolute atomic E-state index is 5.31. The zero-order valence-corrected chi connectivity index (χ0v) is 13.9. The highest BCUT2D eigenvalue weighted by Crippen LogP contribution is 2.19. The molecule has 1 rings (SSSR count). The minimum Gasteiger partial charge on any atom is -0.384 e. The fourth-order valence-electron chi connectivity index (χ4n) is 2.26. The Labute approximate surface area is 126 Å². The number of nitrogens with one attached hydrogen (secondary N) is 1. The van der Waals surface area contributed by atoms with E-state index in [2.05, 4.69) is 59.4 Å². The average molecular weight is 328 g/mol. The number of rotatable bonds is 9. The molecule has 2 atom stereocenters. The minimum absolute atomic E-state index is 0.568. The Kier molecular flexibility index (Phi) is 8.35. The lowest BCUT2D eigenvalue weighted by Crippen LogP contribution is -2.31. The summed E-state index contributed by atoms with van der Waals surface area (Å²) in [6.45, 7) is 7.47. The molecule has 2 nitrogen and oxygen atoms in total. The van der Waals surface area contributed by atoms with Crippen LogP contribution in [0, 0.1) is 11.8 Å². The summed E-state index contributed by atoms with van der Waals surface area (Å²) in [5.41, 5.74) is 1.40. The van der Waals surface area contributed by atoms with Gasteiger partial charge in [0, 0.05) is 18.2 Å². The van der Waals surface area contributed by atoms with Crippen LogP contribution in [0.4, 0.5) is 0 Å². The van der Waals surface area contributed by atoms with Gasteiger partial charge >= 0.3 is 0 Å². The second-order valence-corrected chi connectivity index (χ2v) is 6.14. The maximum atomic E-state index is 5.31. The lowest BCUT2D eigenvalue weighted by Gasteiger charge is -2.24. The first-order valence-corrected chi connectivity index (χ1v) is 7.90. The maximum Gasteiger partial charge on any atom is 0.0491 e. The molecular weight excluding hydrogens is 302 g/mol. The molecular formula is C16H26BrNO. The topological polar surface area (TPSA) is 21.3 Å². The Hall–Kier alpha value is -0.380. The van der Waals surface area contributed by atoms with Gasteiger partial charge in [-0.25, -0.2) is 0 Å². The molecule has 108 valence electrons. The van der Waals surface area contributed by atoms with E-state index in [1.807, 2.05) is 0 Å². The highest BCUT2D eigenvalue weighted by Gasteiger charge is 2.17. The average Bonchev–Trinajstić information content (AvgIpc) is 2.40. The smallest absolute Gasteiger partial charge is 0.0491 e. The molecule has 0 saturated heterocycles. The summed E-state index contributed by atoms with van der Waals surface area (Å²) in [4.78, 5) is 0. The first-order valence-electron chi connectivity index (χ1n) is 7.11. The van der Waals surface area contributed by atoms with Gasteiger partial charge in [-0.1, -0.05) is 41.9 Å². The standard InChI is InChI=1S/C16H26BrNO/c1-4-9-18-11-15(13(2)12-19-3)10-14-5-7-16(17)8-6-14/h5-8,13,15,18H,4,9-12H2,1-3H3. The molecule has 0 fully saturated rings. The van der Waals surface area contributed by atoms with Crippen LogP contribution in [0.25, 0.3) is 0 Å². The fourth-order valence-corrected chi connectivity index (χ4v) is 2.53. The highest BCUT2D eigenvalue weighted by atomic mass is 79.9. The van der Waals surface area contributed by atoms with Crippen LogP contribution in [0.3, 0.4) is 0 Å². The molecule has 19 heavy (non-hydrogen) atoms. The van der Waals surface area contributed by atoms with Crippen molar-refractivity contribution in [3.05, 3.63) is 34.3 Å². The van der Waals surface area contributed by atoms with Crippen molar-refractivity contribution in [2.75, 3.05) is 26.8 Å². The van der Waals surface area contributed by atoms with E-state index in [-0.39, 0.29) is 0 Å². The van der Waals surface area contributed by atoms with Crippen molar-refractivity contribution < 1.29 is 4.74 Å². The molecule has 0 aliphatic rings. The summed E-state index contributed by atoms with van der Waals surface area (Å²) >= 11 is 3.48. The van der Waals surface area contributed by atoms with Gasteiger partial charge in [-0.05, 0) is 55.5 Å². The lowest BCUT2D eigenvalue weighted by molar-refractivity contribution is 0.128. The van der Waals surface area contributed by atoms with Crippen molar-refractivity contribution in [2.45, 2.75) is 26.7 Å². The Bertz CT molecular complexity index is 339. The number of halogens is 1. The normalized spacial score (nSPS) is 14.3. The molecule has 0 radical (unpaired) electrons. The number of ether oxygens (including phenoxy) is 1. The zero-order valence-electron chi connectivity index (χ0n) is 12.3. The van der Waals surface area contributed by atoms with Gasteiger partial charge in [0.2, 0.25) is 0 Å². The third-order valence-electron chi connectivity index (χ3n) is 3.48. The Balaban J connectivity index is 2.58. The van der Waals surface area contributed by atoms with Crippen molar-refractivity contribution in [1.29, 1.82) is 0 Å². The van der Waals surface area contributed by atoms with Gasteiger partial charge in [0.1, 0.15) is 0 Å². The third-order valence-corrected chi connectivity index (χ3v) is 4.01. The molecule has 2 unspecified atom stereocenters. The minimum atomic E-state index is 0.568. The Morgan fingerprint density at radius 1 is 1.26 bits per heavy atom. The zero-order chi connectivity index (χ0) is 14.1. The van der Waals surface area contributed by atoms with E-state index in [9.17, 15) is 0 Å². The molecule has 0 heterocycles. The van der Waals surface area contributed by atoms with Crippen molar-refractivity contribution in [1.82, 2.24) is 5.32 Å². The molecule has 0 aliphatic carbocycles. The number of methoxy groups -OCH3 is 1. The summed E-state index contributed by atoms with van der Waals surface area (Å²) < 4.78 is 6.45. The molecule has 1 aromatic carbocycles. The molecule has 0 amide bonds. The van der Waals surface area contributed by atoms with Gasteiger partial charge in [0.25, 0.3) is 0 Å². The van der Waals surface area contributed by atoms with Crippen molar-refractivity contribution in [3.63, 3.8) is 0 Å². The summed E-state index contributed by atoms with van der Waals surface area (Å²) in [5, 5.41) is 3.54. The van der Waals surface area contributed by atoms with Crippen molar-refractivity contribution >= 4 is 15.9 Å². The summed E-state index contributed by atoms with van der Waals surface area (Å²) in [7, 11) is 1.78. The van der Waals surface area contributed by atoms with Crippen molar-refractivity contribution in [2.24, 2.45) is 11.8 Å². The number of hydrogen-bond donors (Lipinski definition) is 1. The molecule has 0 saturated carbocycles. The van der Waals surface area contributed by atoms with Crippen LogP contribution in [-0.2, 0) is 11.2 Å². The van der Waals surface area contributed by atoms with Gasteiger partial charge < -0.3 is 10.1 Å². The van der Waals surface area contributed by atoms with E-state index >= 15 is 0 Å². The summed E-state index contributed by atoms with van der Waals surface area (Å²) in [6, 6.07) is 8.65. The monoisotopic (exact) mass is 327 g/mol. The van der Waals surface area contributed by atoms with E-state index < -0.39 is 0 Å². The van der Waals surface area contributed by atoms with Crippen LogP contribution in [0.15, 0.2) is 28.7 Å². The van der Waals surface area contributed by atoms with Crippen LogP contribution in [0.5, 0.6) is 0 Å². The molecule has 1 aromatic rings. The Morgan fingerprint density at radius 2 is 1.95 bits per heavy atom. The number of benzene rings is 1. The Morgan fingerprint density at radius 3 is 2.53 bits per heavy atom.